The van der Waals surface area contributed by atoms with Crippen molar-refractivity contribution in [3.8, 4) is 5.75 Å². The van der Waals surface area contributed by atoms with Crippen molar-refractivity contribution in [1.82, 2.24) is 19.9 Å². The Morgan fingerprint density at radius 3 is 2.61 bits per heavy atom. The van der Waals surface area contributed by atoms with Crippen molar-refractivity contribution < 1.29 is 9.53 Å². The van der Waals surface area contributed by atoms with Gasteiger partial charge in [0.25, 0.3) is 5.91 Å². The summed E-state index contributed by atoms with van der Waals surface area (Å²) in [7, 11) is 0. The number of ether oxygens (including phenoxy) is 1. The van der Waals surface area contributed by atoms with Gasteiger partial charge in [-0.15, -0.1) is 0 Å². The predicted molar refractivity (Wildman–Crippen MR) is 107 cm³/mol. The first-order chi connectivity index (χ1) is 13.5. The average Bonchev–Trinajstić information content (AvgIpc) is 3.19. The van der Waals surface area contributed by atoms with Crippen LogP contribution in [0.3, 0.4) is 0 Å². The van der Waals surface area contributed by atoms with Gasteiger partial charge in [0.05, 0.1) is 18.7 Å². The number of hydrogen-bond donors (Lipinski definition) is 1. The topological polar surface area (TPSA) is 80.2 Å². The summed E-state index contributed by atoms with van der Waals surface area (Å²) in [5, 5.41) is 3.47. The SMILES string of the molecule is CCOc1ccc(C)nc1C(=O)N1C2CC[C@@H]1C(Nc1nc(C)cc(C)n1)C2. The number of pyridine rings is 1. The molecule has 7 heteroatoms. The van der Waals surface area contributed by atoms with E-state index < -0.39 is 0 Å². The molecule has 28 heavy (non-hydrogen) atoms. The molecular weight excluding hydrogens is 354 g/mol. The minimum absolute atomic E-state index is 0.0368. The van der Waals surface area contributed by atoms with Crippen molar-refractivity contribution in [2.75, 3.05) is 11.9 Å². The zero-order valence-corrected chi connectivity index (χ0v) is 16.9. The lowest BCUT2D eigenvalue weighted by Crippen LogP contribution is -2.40. The van der Waals surface area contributed by atoms with Crippen LogP contribution < -0.4 is 10.1 Å². The van der Waals surface area contributed by atoms with Gasteiger partial charge in [0.15, 0.2) is 11.4 Å². The molecule has 2 aliphatic heterocycles. The first-order valence-corrected chi connectivity index (χ1v) is 9.98. The number of fused-ring (bicyclic) bond motifs is 2. The molecule has 7 nitrogen and oxygen atoms in total. The van der Waals surface area contributed by atoms with Crippen LogP contribution in [0.2, 0.25) is 0 Å². The Hall–Kier alpha value is -2.70. The molecule has 4 rings (SSSR count). The van der Waals surface area contributed by atoms with Crippen LogP contribution in [-0.2, 0) is 0 Å². The molecule has 2 aliphatic rings. The molecule has 0 radical (unpaired) electrons. The van der Waals surface area contributed by atoms with Crippen LogP contribution in [0, 0.1) is 20.8 Å². The van der Waals surface area contributed by atoms with Crippen LogP contribution >= 0.6 is 0 Å². The number of nitrogens with zero attached hydrogens (tertiary/aromatic N) is 4. The van der Waals surface area contributed by atoms with Crippen molar-refractivity contribution in [3.05, 3.63) is 41.0 Å². The second kappa shape index (κ2) is 7.37. The van der Waals surface area contributed by atoms with E-state index in [1.165, 1.54) is 0 Å². The molecule has 4 heterocycles. The molecule has 2 fully saturated rings. The average molecular weight is 381 g/mol. The van der Waals surface area contributed by atoms with Gasteiger partial charge in [-0.2, -0.15) is 0 Å². The van der Waals surface area contributed by atoms with Gasteiger partial charge in [-0.3, -0.25) is 4.79 Å². The van der Waals surface area contributed by atoms with Crippen molar-refractivity contribution >= 4 is 11.9 Å². The lowest BCUT2D eigenvalue weighted by molar-refractivity contribution is 0.0716. The Labute approximate surface area is 165 Å². The zero-order valence-electron chi connectivity index (χ0n) is 16.9. The van der Waals surface area contributed by atoms with Crippen molar-refractivity contribution in [3.63, 3.8) is 0 Å². The fourth-order valence-electron chi connectivity index (χ4n) is 4.51. The molecule has 0 spiro atoms. The molecule has 2 aromatic rings. The van der Waals surface area contributed by atoms with Gasteiger partial charge in [-0.05, 0) is 65.2 Å². The van der Waals surface area contributed by atoms with Gasteiger partial charge in [0.2, 0.25) is 5.95 Å². The summed E-state index contributed by atoms with van der Waals surface area (Å²) in [6.45, 7) is 8.25. The van der Waals surface area contributed by atoms with E-state index in [-0.39, 0.29) is 24.0 Å². The maximum Gasteiger partial charge on any atom is 0.276 e. The second-order valence-electron chi connectivity index (χ2n) is 7.70. The third-order valence-corrected chi connectivity index (χ3v) is 5.57. The number of aryl methyl sites for hydroxylation is 3. The van der Waals surface area contributed by atoms with E-state index in [9.17, 15) is 4.79 Å². The quantitative estimate of drug-likeness (QED) is 0.857. The molecule has 2 unspecified atom stereocenters. The van der Waals surface area contributed by atoms with E-state index in [1.54, 1.807) is 0 Å². The molecule has 3 atom stereocenters. The Balaban J connectivity index is 1.57. The van der Waals surface area contributed by atoms with Crippen LogP contribution in [0.5, 0.6) is 5.75 Å². The van der Waals surface area contributed by atoms with Crippen LogP contribution in [0.25, 0.3) is 0 Å². The number of anilines is 1. The van der Waals surface area contributed by atoms with Crippen LogP contribution in [0.1, 0.15) is 53.8 Å². The number of nitrogens with one attached hydrogen (secondary N) is 1. The van der Waals surface area contributed by atoms with Gasteiger partial charge in [0, 0.05) is 23.1 Å². The number of carbonyl (C=O) groups is 1. The minimum Gasteiger partial charge on any atom is -0.491 e. The van der Waals surface area contributed by atoms with E-state index in [2.05, 4.69) is 20.3 Å². The second-order valence-corrected chi connectivity index (χ2v) is 7.70. The first-order valence-electron chi connectivity index (χ1n) is 9.98. The lowest BCUT2D eigenvalue weighted by atomic mass is 9.96. The molecule has 0 aliphatic carbocycles. The molecule has 148 valence electrons. The standard InChI is InChI=1S/C21H27N5O2/c1-5-28-18-9-6-12(2)22-19(18)20(27)26-15-7-8-17(26)16(11-15)25-21-23-13(3)10-14(4)24-21/h6,9-10,15-17H,5,7-8,11H2,1-4H3,(H,23,24,25)/t15?,16?,17-/m1/s1. The van der Waals surface area contributed by atoms with Crippen molar-refractivity contribution in [2.45, 2.75) is 65.1 Å². The van der Waals surface area contributed by atoms with Crippen LogP contribution in [-0.4, -0.2) is 50.5 Å². The van der Waals surface area contributed by atoms with E-state index in [4.69, 9.17) is 4.74 Å². The normalized spacial score (nSPS) is 23.1. The Bertz CT molecular complexity index is 880. The summed E-state index contributed by atoms with van der Waals surface area (Å²) >= 11 is 0. The molecular formula is C21H27N5O2. The molecule has 2 bridgehead atoms. The predicted octanol–water partition coefficient (Wildman–Crippen LogP) is 3.05. The molecule has 0 saturated carbocycles. The highest BCUT2D eigenvalue weighted by Gasteiger charge is 2.49. The smallest absolute Gasteiger partial charge is 0.276 e. The summed E-state index contributed by atoms with van der Waals surface area (Å²) in [4.78, 5) is 28.9. The maximum atomic E-state index is 13.4. The number of rotatable bonds is 5. The van der Waals surface area contributed by atoms with E-state index in [0.29, 0.717) is 24.0 Å². The molecule has 1 N–H and O–H groups in total. The Morgan fingerprint density at radius 1 is 1.14 bits per heavy atom. The largest absolute Gasteiger partial charge is 0.491 e. The summed E-state index contributed by atoms with van der Waals surface area (Å²) < 4.78 is 5.67. The van der Waals surface area contributed by atoms with E-state index in [1.807, 2.05) is 50.8 Å². The minimum atomic E-state index is -0.0368. The molecule has 0 aromatic carbocycles. The number of aromatic nitrogens is 3. The zero-order chi connectivity index (χ0) is 19.8. The van der Waals surface area contributed by atoms with Gasteiger partial charge in [-0.25, -0.2) is 15.0 Å². The van der Waals surface area contributed by atoms with Crippen LogP contribution in [0.15, 0.2) is 18.2 Å². The Kier molecular flexibility index (Phi) is 4.91. The monoisotopic (exact) mass is 381 g/mol. The maximum absolute atomic E-state index is 13.4. The van der Waals surface area contributed by atoms with Gasteiger partial charge in [-0.1, -0.05) is 0 Å². The fourth-order valence-corrected chi connectivity index (χ4v) is 4.51. The summed E-state index contributed by atoms with van der Waals surface area (Å²) in [6.07, 6.45) is 2.91. The molecule has 2 aromatic heterocycles. The Morgan fingerprint density at radius 2 is 1.89 bits per heavy atom. The highest BCUT2D eigenvalue weighted by Crippen LogP contribution is 2.40. The van der Waals surface area contributed by atoms with E-state index >= 15 is 0 Å². The van der Waals surface area contributed by atoms with Crippen molar-refractivity contribution in [1.29, 1.82) is 0 Å². The summed E-state index contributed by atoms with van der Waals surface area (Å²) in [5.74, 6) is 1.17. The van der Waals surface area contributed by atoms with E-state index in [0.717, 1.165) is 36.3 Å². The summed E-state index contributed by atoms with van der Waals surface area (Å²) in [6, 6.07) is 6.18. The third-order valence-electron chi connectivity index (χ3n) is 5.57. The highest BCUT2D eigenvalue weighted by atomic mass is 16.5. The van der Waals surface area contributed by atoms with Crippen LogP contribution in [0.4, 0.5) is 5.95 Å². The lowest BCUT2D eigenvalue weighted by Gasteiger charge is -2.25. The summed E-state index contributed by atoms with van der Waals surface area (Å²) in [5.41, 5.74) is 3.12. The van der Waals surface area contributed by atoms with Crippen molar-refractivity contribution in [2.24, 2.45) is 0 Å². The number of carbonyl (C=O) groups excluding carboxylic acids is 1. The van der Waals surface area contributed by atoms with Gasteiger partial charge < -0.3 is 15.0 Å². The molecule has 2 saturated heterocycles. The molecule has 1 amide bonds. The number of hydrogen-bond acceptors (Lipinski definition) is 6. The van der Waals surface area contributed by atoms with Gasteiger partial charge in [0.1, 0.15) is 0 Å². The highest BCUT2D eigenvalue weighted by molar-refractivity contribution is 5.96. The third kappa shape index (κ3) is 3.41. The number of amides is 1. The van der Waals surface area contributed by atoms with Gasteiger partial charge >= 0.3 is 0 Å². The first kappa shape index (κ1) is 18.7. The fraction of sp³-hybridized carbons (Fsp3) is 0.524.